The average Bonchev–Trinajstić information content (AvgIpc) is 2.95. The summed E-state index contributed by atoms with van der Waals surface area (Å²) in [5, 5.41) is 12.6. The van der Waals surface area contributed by atoms with E-state index in [9.17, 15) is 4.79 Å². The molecule has 0 aliphatic carbocycles. The number of benzene rings is 1. The molecular weight excluding hydrogens is 274 g/mol. The second-order valence-electron chi connectivity index (χ2n) is 4.39. The van der Waals surface area contributed by atoms with Gasteiger partial charge in [0.2, 0.25) is 0 Å². The second-order valence-corrected chi connectivity index (χ2v) is 5.16. The van der Waals surface area contributed by atoms with Crippen LogP contribution in [-0.4, -0.2) is 39.5 Å². The molecule has 0 aliphatic rings. The first kappa shape index (κ1) is 14.6. The molecule has 1 heterocycles. The van der Waals surface area contributed by atoms with Crippen molar-refractivity contribution >= 4 is 17.7 Å². The summed E-state index contributed by atoms with van der Waals surface area (Å²) in [7, 11) is 0. The molecule has 6 heteroatoms. The minimum atomic E-state index is -0.263. The minimum absolute atomic E-state index is 0.0798. The number of thioether (sulfide) groups is 1. The summed E-state index contributed by atoms with van der Waals surface area (Å²) < 4.78 is 1.93. The van der Waals surface area contributed by atoms with E-state index in [2.05, 4.69) is 10.3 Å². The molecule has 2 aromatic rings. The lowest BCUT2D eigenvalue weighted by molar-refractivity contribution is 0.0922. The van der Waals surface area contributed by atoms with Crippen molar-refractivity contribution in [2.45, 2.75) is 18.1 Å². The Bertz CT molecular complexity index is 598. The van der Waals surface area contributed by atoms with Gasteiger partial charge in [-0.1, -0.05) is 17.8 Å². The van der Waals surface area contributed by atoms with Crippen molar-refractivity contribution in [3.8, 4) is 5.69 Å². The fourth-order valence-electron chi connectivity index (χ4n) is 1.79. The van der Waals surface area contributed by atoms with Crippen LogP contribution in [0.1, 0.15) is 17.3 Å². The Kier molecular flexibility index (Phi) is 4.81. The standard InChI is InChI=1S/C14H17N3O2S/c1-10(9-18)16-13(19)11-4-3-5-12(8-11)17-7-6-15-14(17)20-2/h3-8,10,18H,9H2,1-2H3,(H,16,19). The van der Waals surface area contributed by atoms with Gasteiger partial charge in [-0.3, -0.25) is 9.36 Å². The predicted molar refractivity (Wildman–Crippen MR) is 79.4 cm³/mol. The van der Waals surface area contributed by atoms with E-state index in [0.29, 0.717) is 5.56 Å². The quantitative estimate of drug-likeness (QED) is 0.823. The van der Waals surface area contributed by atoms with Crippen molar-refractivity contribution < 1.29 is 9.90 Å². The molecular formula is C14H17N3O2S. The number of nitrogens with zero attached hydrogens (tertiary/aromatic N) is 2. The number of aliphatic hydroxyl groups excluding tert-OH is 1. The van der Waals surface area contributed by atoms with Gasteiger partial charge in [0.25, 0.3) is 5.91 Å². The van der Waals surface area contributed by atoms with Crippen LogP contribution in [0.15, 0.2) is 41.8 Å². The van der Waals surface area contributed by atoms with Crippen LogP contribution in [0.2, 0.25) is 0 Å². The number of aliphatic hydroxyl groups is 1. The first-order valence-corrected chi connectivity index (χ1v) is 7.47. The summed E-state index contributed by atoms with van der Waals surface area (Å²) in [6.07, 6.45) is 5.55. The number of rotatable bonds is 5. The van der Waals surface area contributed by atoms with Crippen molar-refractivity contribution in [1.29, 1.82) is 0 Å². The average molecular weight is 291 g/mol. The van der Waals surface area contributed by atoms with Crippen LogP contribution in [0.25, 0.3) is 5.69 Å². The highest BCUT2D eigenvalue weighted by Crippen LogP contribution is 2.18. The first-order valence-electron chi connectivity index (χ1n) is 6.25. The lowest BCUT2D eigenvalue weighted by Crippen LogP contribution is -2.35. The third kappa shape index (κ3) is 3.20. The zero-order valence-corrected chi connectivity index (χ0v) is 12.2. The van der Waals surface area contributed by atoms with Crippen LogP contribution in [0, 0.1) is 0 Å². The highest BCUT2D eigenvalue weighted by molar-refractivity contribution is 7.98. The van der Waals surface area contributed by atoms with Gasteiger partial charge in [0.05, 0.1) is 6.61 Å². The second kappa shape index (κ2) is 6.58. The van der Waals surface area contributed by atoms with Gasteiger partial charge in [0, 0.05) is 29.7 Å². The lowest BCUT2D eigenvalue weighted by Gasteiger charge is -2.12. The summed E-state index contributed by atoms with van der Waals surface area (Å²) in [5.41, 5.74) is 1.44. The van der Waals surface area contributed by atoms with E-state index in [-0.39, 0.29) is 18.6 Å². The van der Waals surface area contributed by atoms with E-state index in [1.54, 1.807) is 37.0 Å². The summed E-state index contributed by atoms with van der Waals surface area (Å²) in [5.74, 6) is -0.195. The molecule has 1 amide bonds. The van der Waals surface area contributed by atoms with E-state index in [1.807, 2.05) is 29.2 Å². The largest absolute Gasteiger partial charge is 0.394 e. The molecule has 2 rings (SSSR count). The van der Waals surface area contributed by atoms with Gasteiger partial charge in [-0.2, -0.15) is 0 Å². The number of hydrogen-bond acceptors (Lipinski definition) is 4. The Morgan fingerprint density at radius 3 is 3.05 bits per heavy atom. The van der Waals surface area contributed by atoms with Crippen LogP contribution in [0.5, 0.6) is 0 Å². The predicted octanol–water partition coefficient (Wildman–Crippen LogP) is 1.70. The van der Waals surface area contributed by atoms with Gasteiger partial charge >= 0.3 is 0 Å². The fourth-order valence-corrected chi connectivity index (χ4v) is 2.32. The number of amides is 1. The molecule has 0 radical (unpaired) electrons. The van der Waals surface area contributed by atoms with E-state index >= 15 is 0 Å². The van der Waals surface area contributed by atoms with Crippen LogP contribution in [0.3, 0.4) is 0 Å². The maximum absolute atomic E-state index is 12.0. The molecule has 0 saturated carbocycles. The molecule has 0 saturated heterocycles. The van der Waals surface area contributed by atoms with E-state index in [4.69, 9.17) is 5.11 Å². The third-order valence-electron chi connectivity index (χ3n) is 2.83. The minimum Gasteiger partial charge on any atom is -0.394 e. The fraction of sp³-hybridized carbons (Fsp3) is 0.286. The Labute approximate surface area is 122 Å². The molecule has 0 bridgehead atoms. The molecule has 1 aromatic carbocycles. The summed E-state index contributed by atoms with van der Waals surface area (Å²) in [4.78, 5) is 16.3. The van der Waals surface area contributed by atoms with Crippen LogP contribution in [0.4, 0.5) is 0 Å². The normalized spacial score (nSPS) is 12.2. The Balaban J connectivity index is 2.26. The summed E-state index contributed by atoms with van der Waals surface area (Å²) in [6, 6.07) is 7.05. The van der Waals surface area contributed by atoms with Crippen molar-refractivity contribution in [1.82, 2.24) is 14.9 Å². The van der Waals surface area contributed by atoms with Crippen LogP contribution in [-0.2, 0) is 0 Å². The molecule has 0 spiro atoms. The summed E-state index contributed by atoms with van der Waals surface area (Å²) in [6.45, 7) is 1.67. The molecule has 1 unspecified atom stereocenters. The SMILES string of the molecule is CSc1nccn1-c1cccc(C(=O)NC(C)CO)c1. The van der Waals surface area contributed by atoms with Crippen LogP contribution >= 0.6 is 11.8 Å². The number of aromatic nitrogens is 2. The Morgan fingerprint density at radius 1 is 1.55 bits per heavy atom. The Morgan fingerprint density at radius 2 is 2.35 bits per heavy atom. The van der Waals surface area contributed by atoms with Gasteiger partial charge in [0.1, 0.15) is 0 Å². The van der Waals surface area contributed by atoms with Gasteiger partial charge in [0.15, 0.2) is 5.16 Å². The molecule has 1 aromatic heterocycles. The highest BCUT2D eigenvalue weighted by atomic mass is 32.2. The number of nitrogens with one attached hydrogen (secondary N) is 1. The van der Waals surface area contributed by atoms with Crippen molar-refractivity contribution in [2.75, 3.05) is 12.9 Å². The number of carbonyl (C=O) groups excluding carboxylic acids is 1. The molecule has 20 heavy (non-hydrogen) atoms. The zero-order valence-electron chi connectivity index (χ0n) is 11.4. The van der Waals surface area contributed by atoms with Crippen molar-refractivity contribution in [3.63, 3.8) is 0 Å². The third-order valence-corrected chi connectivity index (χ3v) is 3.49. The van der Waals surface area contributed by atoms with Gasteiger partial charge in [-0.15, -0.1) is 0 Å². The number of imidazole rings is 1. The zero-order chi connectivity index (χ0) is 14.5. The van der Waals surface area contributed by atoms with E-state index in [1.165, 1.54) is 0 Å². The molecule has 106 valence electrons. The number of carbonyl (C=O) groups is 1. The first-order chi connectivity index (χ1) is 9.65. The molecule has 1 atom stereocenters. The van der Waals surface area contributed by atoms with Gasteiger partial charge < -0.3 is 10.4 Å². The highest BCUT2D eigenvalue weighted by Gasteiger charge is 2.11. The maximum atomic E-state index is 12.0. The van der Waals surface area contributed by atoms with Crippen molar-refractivity contribution in [2.24, 2.45) is 0 Å². The number of hydrogen-bond donors (Lipinski definition) is 2. The van der Waals surface area contributed by atoms with Gasteiger partial charge in [-0.05, 0) is 31.4 Å². The van der Waals surface area contributed by atoms with E-state index in [0.717, 1.165) is 10.8 Å². The molecule has 5 nitrogen and oxygen atoms in total. The maximum Gasteiger partial charge on any atom is 0.251 e. The molecule has 2 N–H and O–H groups in total. The van der Waals surface area contributed by atoms with E-state index < -0.39 is 0 Å². The van der Waals surface area contributed by atoms with Crippen LogP contribution < -0.4 is 5.32 Å². The molecule has 0 fully saturated rings. The summed E-state index contributed by atoms with van der Waals surface area (Å²) >= 11 is 1.54. The topological polar surface area (TPSA) is 67.2 Å². The van der Waals surface area contributed by atoms with Gasteiger partial charge in [-0.25, -0.2) is 4.98 Å². The smallest absolute Gasteiger partial charge is 0.251 e. The molecule has 0 aliphatic heterocycles. The van der Waals surface area contributed by atoms with Crippen molar-refractivity contribution in [3.05, 3.63) is 42.2 Å². The Hall–Kier alpha value is -1.79. The lowest BCUT2D eigenvalue weighted by atomic mass is 10.1. The monoisotopic (exact) mass is 291 g/mol.